The molecule has 0 saturated carbocycles. The van der Waals surface area contributed by atoms with E-state index in [2.05, 4.69) is 33.9 Å². The van der Waals surface area contributed by atoms with E-state index in [-0.39, 0.29) is 12.4 Å². The summed E-state index contributed by atoms with van der Waals surface area (Å²) in [6.07, 6.45) is 2.67. The highest BCUT2D eigenvalue weighted by molar-refractivity contribution is 5.78. The van der Waals surface area contributed by atoms with E-state index in [4.69, 9.17) is 5.11 Å². The number of carboxylic acids is 1. The minimum Gasteiger partial charge on any atom is -1.00 e. The van der Waals surface area contributed by atoms with Crippen molar-refractivity contribution in [2.24, 2.45) is 0 Å². The molecule has 1 aromatic rings. The minimum atomic E-state index is -0.981. The molecule has 0 aromatic heterocycles. The number of carboxylic acid groups (broad SMARTS) is 1. The van der Waals surface area contributed by atoms with Crippen molar-refractivity contribution in [1.82, 2.24) is 0 Å². The zero-order valence-corrected chi connectivity index (χ0v) is 14.1. The molecular formula is C17H28ClNO2. The van der Waals surface area contributed by atoms with Gasteiger partial charge >= 0.3 is 5.97 Å². The maximum Gasteiger partial charge on any atom is 0.327 e. The molecule has 0 unspecified atom stereocenters. The van der Waals surface area contributed by atoms with Crippen LogP contribution in [0, 0.1) is 0 Å². The third-order valence-electron chi connectivity index (χ3n) is 2.71. The van der Waals surface area contributed by atoms with Crippen molar-refractivity contribution in [2.75, 3.05) is 19.6 Å². The molecule has 3 nitrogen and oxygen atoms in total. The SMILES string of the molecule is C=CC(=O)O.C=Cc1ccccc1.CC[NH+](CC)CC.[Cl-]. The normalized spacial score (nSPS) is 8.19. The zero-order chi connectivity index (χ0) is 15.8. The summed E-state index contributed by atoms with van der Waals surface area (Å²) in [5.74, 6) is -0.981. The van der Waals surface area contributed by atoms with Crippen molar-refractivity contribution in [3.63, 3.8) is 0 Å². The molecular weight excluding hydrogens is 286 g/mol. The van der Waals surface area contributed by atoms with Crippen LogP contribution in [-0.2, 0) is 4.79 Å². The lowest BCUT2D eigenvalue weighted by atomic mass is 10.2. The average Bonchev–Trinajstić information content (AvgIpc) is 2.51. The van der Waals surface area contributed by atoms with E-state index in [9.17, 15) is 4.79 Å². The Kier molecular flexibility index (Phi) is 21.4. The Hall–Kier alpha value is -1.58. The number of nitrogens with one attached hydrogen (secondary N) is 1. The second-order valence-electron chi connectivity index (χ2n) is 3.97. The van der Waals surface area contributed by atoms with Crippen LogP contribution in [0.3, 0.4) is 0 Å². The first kappa shape index (κ1) is 24.4. The Labute approximate surface area is 135 Å². The van der Waals surface area contributed by atoms with Gasteiger partial charge in [-0.25, -0.2) is 4.79 Å². The van der Waals surface area contributed by atoms with Crippen molar-refractivity contribution < 1.29 is 27.2 Å². The summed E-state index contributed by atoms with van der Waals surface area (Å²) in [6.45, 7) is 17.1. The van der Waals surface area contributed by atoms with Crippen LogP contribution in [0.15, 0.2) is 49.6 Å². The van der Waals surface area contributed by atoms with Crippen molar-refractivity contribution in [2.45, 2.75) is 20.8 Å². The molecule has 0 fully saturated rings. The number of quaternary nitrogens is 1. The molecule has 0 amide bonds. The molecule has 0 atom stereocenters. The molecule has 0 radical (unpaired) electrons. The van der Waals surface area contributed by atoms with Gasteiger partial charge in [-0.05, 0) is 26.3 Å². The monoisotopic (exact) mass is 313 g/mol. The van der Waals surface area contributed by atoms with Gasteiger partial charge in [0.1, 0.15) is 0 Å². The van der Waals surface area contributed by atoms with E-state index < -0.39 is 5.97 Å². The molecule has 2 N–H and O–H groups in total. The van der Waals surface area contributed by atoms with Crippen LogP contribution in [-0.4, -0.2) is 30.7 Å². The van der Waals surface area contributed by atoms with Crippen LogP contribution < -0.4 is 17.3 Å². The predicted molar refractivity (Wildman–Crippen MR) is 87.0 cm³/mol. The summed E-state index contributed by atoms with van der Waals surface area (Å²) < 4.78 is 0. The summed E-state index contributed by atoms with van der Waals surface area (Å²) in [7, 11) is 0. The highest BCUT2D eigenvalue weighted by atomic mass is 35.5. The lowest BCUT2D eigenvalue weighted by Gasteiger charge is -2.10. The summed E-state index contributed by atoms with van der Waals surface area (Å²) in [6, 6.07) is 10.0. The van der Waals surface area contributed by atoms with Gasteiger partial charge in [-0.2, -0.15) is 0 Å². The highest BCUT2D eigenvalue weighted by Gasteiger charge is 1.92. The molecule has 0 saturated heterocycles. The first-order valence-electron chi connectivity index (χ1n) is 6.91. The van der Waals surface area contributed by atoms with E-state index in [0.717, 1.165) is 6.08 Å². The number of benzene rings is 1. The van der Waals surface area contributed by atoms with Crippen LogP contribution in [0.25, 0.3) is 6.08 Å². The molecule has 0 aliphatic carbocycles. The number of aliphatic carboxylic acids is 1. The van der Waals surface area contributed by atoms with Crippen molar-refractivity contribution >= 4 is 12.0 Å². The Balaban J connectivity index is -0.000000233. The molecule has 120 valence electrons. The summed E-state index contributed by atoms with van der Waals surface area (Å²) >= 11 is 0. The molecule has 0 bridgehead atoms. The summed E-state index contributed by atoms with van der Waals surface area (Å²) in [4.78, 5) is 10.9. The maximum absolute atomic E-state index is 9.25. The molecule has 0 aliphatic rings. The standard InChI is InChI=1S/C8H8.C6H15N.C3H4O2.ClH/c1-2-8-6-4-3-5-7-8;1-4-7(5-2)6-3;1-2-3(4)5;/h2-7H,1H2;4-6H2,1-3H3;2H,1H2,(H,4,5);1H. The average molecular weight is 314 g/mol. The van der Waals surface area contributed by atoms with Gasteiger partial charge in [-0.3, -0.25) is 0 Å². The largest absolute Gasteiger partial charge is 1.00 e. The van der Waals surface area contributed by atoms with Crippen LogP contribution >= 0.6 is 0 Å². The van der Waals surface area contributed by atoms with E-state index in [1.54, 1.807) is 4.90 Å². The second kappa shape index (κ2) is 18.4. The number of halogens is 1. The molecule has 21 heavy (non-hydrogen) atoms. The molecule has 0 heterocycles. The smallest absolute Gasteiger partial charge is 0.327 e. The van der Waals surface area contributed by atoms with Gasteiger partial charge in [0, 0.05) is 6.08 Å². The van der Waals surface area contributed by atoms with Gasteiger partial charge in [0.2, 0.25) is 0 Å². The van der Waals surface area contributed by atoms with Crippen molar-refractivity contribution in [1.29, 1.82) is 0 Å². The van der Waals surface area contributed by atoms with Crippen LogP contribution in [0.1, 0.15) is 26.3 Å². The van der Waals surface area contributed by atoms with Crippen LogP contribution in [0.5, 0.6) is 0 Å². The number of hydrogen-bond donors (Lipinski definition) is 2. The number of rotatable bonds is 5. The lowest BCUT2D eigenvalue weighted by Crippen LogP contribution is -3.11. The van der Waals surface area contributed by atoms with Crippen molar-refractivity contribution in [3.8, 4) is 0 Å². The fourth-order valence-corrected chi connectivity index (χ4v) is 1.34. The van der Waals surface area contributed by atoms with E-state index in [0.29, 0.717) is 0 Å². The Bertz CT molecular complexity index is 357. The van der Waals surface area contributed by atoms with Gasteiger partial charge in [-0.15, -0.1) is 0 Å². The first-order valence-corrected chi connectivity index (χ1v) is 6.91. The third-order valence-corrected chi connectivity index (χ3v) is 2.71. The van der Waals surface area contributed by atoms with Gasteiger partial charge in [0.15, 0.2) is 0 Å². The Morgan fingerprint density at radius 2 is 1.48 bits per heavy atom. The first-order chi connectivity index (χ1) is 9.55. The van der Waals surface area contributed by atoms with E-state index in [1.807, 2.05) is 36.4 Å². The van der Waals surface area contributed by atoms with Gasteiger partial charge < -0.3 is 22.4 Å². The zero-order valence-electron chi connectivity index (χ0n) is 13.3. The Morgan fingerprint density at radius 3 is 1.62 bits per heavy atom. The summed E-state index contributed by atoms with van der Waals surface area (Å²) in [5, 5.41) is 7.60. The quantitative estimate of drug-likeness (QED) is 0.721. The highest BCUT2D eigenvalue weighted by Crippen LogP contribution is 1.97. The topological polar surface area (TPSA) is 41.7 Å². The Morgan fingerprint density at radius 1 is 1.10 bits per heavy atom. The molecule has 0 spiro atoms. The maximum atomic E-state index is 9.25. The fourth-order valence-electron chi connectivity index (χ4n) is 1.34. The van der Waals surface area contributed by atoms with E-state index >= 15 is 0 Å². The molecule has 0 aliphatic heterocycles. The molecule has 4 heteroatoms. The van der Waals surface area contributed by atoms with Crippen molar-refractivity contribution in [3.05, 3.63) is 55.1 Å². The van der Waals surface area contributed by atoms with Gasteiger partial charge in [0.05, 0.1) is 19.6 Å². The van der Waals surface area contributed by atoms with Crippen LogP contribution in [0.4, 0.5) is 0 Å². The van der Waals surface area contributed by atoms with Gasteiger partial charge in [0.25, 0.3) is 0 Å². The molecule has 1 rings (SSSR count). The third kappa shape index (κ3) is 18.4. The number of hydrogen-bond acceptors (Lipinski definition) is 1. The van der Waals surface area contributed by atoms with Crippen LogP contribution in [0.2, 0.25) is 0 Å². The summed E-state index contributed by atoms with van der Waals surface area (Å²) in [5.41, 5.74) is 1.17. The minimum absolute atomic E-state index is 0. The second-order valence-corrected chi connectivity index (χ2v) is 3.97. The van der Waals surface area contributed by atoms with E-state index in [1.165, 1.54) is 25.2 Å². The lowest BCUT2D eigenvalue weighted by molar-refractivity contribution is -0.894. The fraction of sp³-hybridized carbons (Fsp3) is 0.353. The predicted octanol–water partition coefficient (Wildman–Crippen LogP) is -0.478. The molecule has 1 aromatic carbocycles. The van der Waals surface area contributed by atoms with Gasteiger partial charge in [-0.1, -0.05) is 49.6 Å². The number of carbonyl (C=O) groups is 1.